The summed E-state index contributed by atoms with van der Waals surface area (Å²) in [5, 5.41) is 4.10. The third-order valence-electron chi connectivity index (χ3n) is 2.69. The molecule has 3 nitrogen and oxygen atoms in total. The molecule has 1 amide bonds. The molecular weight excluding hydrogens is 176 g/mol. The van der Waals surface area contributed by atoms with Crippen molar-refractivity contribution in [3.05, 3.63) is 30.0 Å². The van der Waals surface area contributed by atoms with Crippen molar-refractivity contribution in [3.8, 4) is 0 Å². The Hall–Kier alpha value is -1.77. The Balaban J connectivity index is 2.46. The van der Waals surface area contributed by atoms with Crippen LogP contribution in [0.4, 0.5) is 5.69 Å². The lowest BCUT2D eigenvalue weighted by Gasteiger charge is -2.15. The summed E-state index contributed by atoms with van der Waals surface area (Å²) in [5.74, 6) is 0.0561. The number of hydrogen-bond acceptors (Lipinski definition) is 1. The number of para-hydroxylation sites is 1. The first-order valence-electron chi connectivity index (χ1n) is 4.64. The summed E-state index contributed by atoms with van der Waals surface area (Å²) in [6.45, 7) is 2.50. The van der Waals surface area contributed by atoms with Crippen molar-refractivity contribution in [2.24, 2.45) is 0 Å². The van der Waals surface area contributed by atoms with Gasteiger partial charge in [-0.15, -0.1) is 0 Å². The van der Waals surface area contributed by atoms with Crippen molar-refractivity contribution in [1.29, 1.82) is 0 Å². The zero-order valence-corrected chi connectivity index (χ0v) is 7.87. The Morgan fingerprint density at radius 2 is 2.29 bits per heavy atom. The minimum atomic E-state index is 0.0561. The standard InChI is InChI=1S/C11H10N2O/c1-7-5-13-6-10(14)12-9-4-2-3-8(7)11(9)13/h2-5H,6H2,1H3,(H,12,14). The number of aryl methyl sites for hydroxylation is 1. The van der Waals surface area contributed by atoms with Gasteiger partial charge < -0.3 is 9.88 Å². The van der Waals surface area contributed by atoms with Gasteiger partial charge in [-0.05, 0) is 18.6 Å². The van der Waals surface area contributed by atoms with Crippen LogP contribution in [0, 0.1) is 6.92 Å². The quantitative estimate of drug-likeness (QED) is 0.670. The van der Waals surface area contributed by atoms with Crippen molar-refractivity contribution in [2.75, 3.05) is 5.32 Å². The lowest BCUT2D eigenvalue weighted by Crippen LogP contribution is -2.22. The molecule has 1 aromatic carbocycles. The molecule has 0 saturated heterocycles. The fraction of sp³-hybridized carbons (Fsp3) is 0.182. The van der Waals surface area contributed by atoms with Crippen LogP contribution in [0.5, 0.6) is 0 Å². The van der Waals surface area contributed by atoms with Crippen LogP contribution in [0.25, 0.3) is 10.9 Å². The lowest BCUT2D eigenvalue weighted by atomic mass is 10.1. The third-order valence-corrected chi connectivity index (χ3v) is 2.69. The number of amides is 1. The number of rotatable bonds is 0. The van der Waals surface area contributed by atoms with E-state index in [1.807, 2.05) is 22.9 Å². The van der Waals surface area contributed by atoms with Gasteiger partial charge in [0.2, 0.25) is 5.91 Å². The molecule has 3 rings (SSSR count). The molecule has 0 atom stereocenters. The van der Waals surface area contributed by atoms with E-state index in [-0.39, 0.29) is 5.91 Å². The summed E-state index contributed by atoms with van der Waals surface area (Å²) in [6.07, 6.45) is 2.03. The van der Waals surface area contributed by atoms with Gasteiger partial charge in [0.1, 0.15) is 6.54 Å². The minimum Gasteiger partial charge on any atom is -0.336 e. The topological polar surface area (TPSA) is 34.0 Å². The van der Waals surface area contributed by atoms with Gasteiger partial charge >= 0.3 is 0 Å². The number of aromatic nitrogens is 1. The first-order chi connectivity index (χ1) is 6.75. The van der Waals surface area contributed by atoms with Crippen LogP contribution in [0.1, 0.15) is 5.56 Å². The maximum absolute atomic E-state index is 11.3. The van der Waals surface area contributed by atoms with Crippen LogP contribution >= 0.6 is 0 Å². The summed E-state index contributed by atoms with van der Waals surface area (Å²) in [4.78, 5) is 11.3. The molecule has 0 radical (unpaired) electrons. The molecule has 1 aliphatic rings. The molecule has 0 saturated carbocycles. The first kappa shape index (κ1) is 7.62. The molecule has 0 aliphatic carbocycles. The third kappa shape index (κ3) is 0.839. The van der Waals surface area contributed by atoms with Gasteiger partial charge in [0.05, 0.1) is 11.2 Å². The molecule has 70 valence electrons. The van der Waals surface area contributed by atoms with Crippen molar-refractivity contribution in [1.82, 2.24) is 4.57 Å². The van der Waals surface area contributed by atoms with E-state index in [1.54, 1.807) is 0 Å². The molecular formula is C11H10N2O. The van der Waals surface area contributed by atoms with Gasteiger partial charge in [0.25, 0.3) is 0 Å². The highest BCUT2D eigenvalue weighted by atomic mass is 16.2. The number of hydrogen-bond donors (Lipinski definition) is 1. The van der Waals surface area contributed by atoms with E-state index in [4.69, 9.17) is 0 Å². The molecule has 2 aromatic rings. The fourth-order valence-electron chi connectivity index (χ4n) is 2.11. The normalized spacial score (nSPS) is 14.5. The van der Waals surface area contributed by atoms with Crippen LogP contribution in [0.15, 0.2) is 24.4 Å². The Kier molecular flexibility index (Phi) is 1.29. The largest absolute Gasteiger partial charge is 0.336 e. The molecule has 0 fully saturated rings. The summed E-state index contributed by atoms with van der Waals surface area (Å²) in [6, 6.07) is 6.00. The highest BCUT2D eigenvalue weighted by molar-refractivity contribution is 6.05. The molecule has 2 heterocycles. The monoisotopic (exact) mass is 186 g/mol. The van der Waals surface area contributed by atoms with Crippen LogP contribution < -0.4 is 5.32 Å². The molecule has 3 heteroatoms. The predicted octanol–water partition coefficient (Wildman–Crippen LogP) is 1.90. The molecule has 14 heavy (non-hydrogen) atoms. The summed E-state index contributed by atoms with van der Waals surface area (Å²) in [7, 11) is 0. The van der Waals surface area contributed by atoms with E-state index in [1.165, 1.54) is 10.9 Å². The van der Waals surface area contributed by atoms with Crippen molar-refractivity contribution in [2.45, 2.75) is 13.5 Å². The zero-order chi connectivity index (χ0) is 9.71. The first-order valence-corrected chi connectivity index (χ1v) is 4.64. The summed E-state index contributed by atoms with van der Waals surface area (Å²) >= 11 is 0. The van der Waals surface area contributed by atoms with E-state index < -0.39 is 0 Å². The average Bonchev–Trinajstić information content (AvgIpc) is 2.45. The van der Waals surface area contributed by atoms with Crippen molar-refractivity contribution >= 4 is 22.5 Å². The van der Waals surface area contributed by atoms with Crippen LogP contribution in [0.3, 0.4) is 0 Å². The highest BCUT2D eigenvalue weighted by Gasteiger charge is 2.17. The van der Waals surface area contributed by atoms with Crippen LogP contribution in [0.2, 0.25) is 0 Å². The second kappa shape index (κ2) is 2.38. The van der Waals surface area contributed by atoms with E-state index in [0.717, 1.165) is 11.2 Å². The molecule has 1 aromatic heterocycles. The average molecular weight is 186 g/mol. The SMILES string of the molecule is Cc1cn2c3c(cccc13)NC(=O)C2. The maximum Gasteiger partial charge on any atom is 0.244 e. The fourth-order valence-corrected chi connectivity index (χ4v) is 2.11. The number of benzene rings is 1. The van der Waals surface area contributed by atoms with Gasteiger partial charge in [0, 0.05) is 11.6 Å². The molecule has 0 bridgehead atoms. The van der Waals surface area contributed by atoms with E-state index in [0.29, 0.717) is 6.54 Å². The Morgan fingerprint density at radius 3 is 3.14 bits per heavy atom. The Bertz CT molecular complexity index is 539. The number of nitrogens with zero attached hydrogens (tertiary/aromatic N) is 1. The van der Waals surface area contributed by atoms with E-state index in [9.17, 15) is 4.79 Å². The molecule has 0 spiro atoms. The smallest absolute Gasteiger partial charge is 0.244 e. The minimum absolute atomic E-state index is 0.0561. The van der Waals surface area contributed by atoms with Crippen molar-refractivity contribution in [3.63, 3.8) is 0 Å². The zero-order valence-electron chi connectivity index (χ0n) is 7.87. The van der Waals surface area contributed by atoms with Crippen LogP contribution in [-0.4, -0.2) is 10.5 Å². The van der Waals surface area contributed by atoms with Gasteiger partial charge in [-0.25, -0.2) is 0 Å². The second-order valence-corrected chi connectivity index (χ2v) is 3.69. The number of carbonyl (C=O) groups is 1. The number of anilines is 1. The molecule has 0 unspecified atom stereocenters. The molecule has 1 N–H and O–H groups in total. The van der Waals surface area contributed by atoms with Gasteiger partial charge in [-0.1, -0.05) is 12.1 Å². The summed E-state index contributed by atoms with van der Waals surface area (Å²) in [5.41, 5.74) is 3.29. The van der Waals surface area contributed by atoms with E-state index >= 15 is 0 Å². The maximum atomic E-state index is 11.3. The Morgan fingerprint density at radius 1 is 1.43 bits per heavy atom. The Labute approximate surface area is 81.3 Å². The summed E-state index contributed by atoms with van der Waals surface area (Å²) < 4.78 is 2.01. The highest BCUT2D eigenvalue weighted by Crippen LogP contribution is 2.30. The molecule has 1 aliphatic heterocycles. The van der Waals surface area contributed by atoms with E-state index in [2.05, 4.69) is 18.3 Å². The predicted molar refractivity (Wildman–Crippen MR) is 55.3 cm³/mol. The second-order valence-electron chi connectivity index (χ2n) is 3.69. The number of carbonyl (C=O) groups excluding carboxylic acids is 1. The van der Waals surface area contributed by atoms with Gasteiger partial charge in [-0.3, -0.25) is 4.79 Å². The van der Waals surface area contributed by atoms with Crippen molar-refractivity contribution < 1.29 is 4.79 Å². The van der Waals surface area contributed by atoms with Gasteiger partial charge in [-0.2, -0.15) is 0 Å². The van der Waals surface area contributed by atoms with Gasteiger partial charge in [0.15, 0.2) is 0 Å². The number of nitrogens with one attached hydrogen (secondary N) is 1. The lowest BCUT2D eigenvalue weighted by molar-refractivity contribution is -0.116. The van der Waals surface area contributed by atoms with Crippen LogP contribution in [-0.2, 0) is 11.3 Å².